The smallest absolute Gasteiger partial charge is 0.242 e. The Morgan fingerprint density at radius 1 is 1.15 bits per heavy atom. The summed E-state index contributed by atoms with van der Waals surface area (Å²) in [6.07, 6.45) is 1.92. The number of halogens is 1. The largest absolute Gasteiger partial charge is 0.497 e. The Hall–Kier alpha value is -2.78. The van der Waals surface area contributed by atoms with Crippen molar-refractivity contribution in [2.75, 3.05) is 31.3 Å². The van der Waals surface area contributed by atoms with Crippen LogP contribution in [-0.2, 0) is 26.2 Å². The predicted molar refractivity (Wildman–Crippen MR) is 135 cm³/mol. The molecule has 1 unspecified atom stereocenters. The summed E-state index contributed by atoms with van der Waals surface area (Å²) in [6, 6.07) is 13.2. The molecule has 0 aliphatic heterocycles. The summed E-state index contributed by atoms with van der Waals surface area (Å²) in [5.41, 5.74) is 1.29. The molecule has 0 saturated heterocycles. The van der Waals surface area contributed by atoms with E-state index in [0.29, 0.717) is 22.9 Å². The SMILES string of the molecule is CCC(C(=O)NC)N(Cc1ccc(OC)cc1)C(=O)CCCN(c1cccc(Cl)c1)S(C)(=O)=O. The van der Waals surface area contributed by atoms with Crippen molar-refractivity contribution >= 4 is 39.1 Å². The van der Waals surface area contributed by atoms with Gasteiger partial charge in [-0.05, 0) is 48.7 Å². The number of hydrogen-bond donors (Lipinski definition) is 1. The normalized spacial score (nSPS) is 12.0. The molecule has 2 aromatic rings. The number of methoxy groups -OCH3 is 1. The van der Waals surface area contributed by atoms with Crippen LogP contribution in [0.2, 0.25) is 5.02 Å². The summed E-state index contributed by atoms with van der Waals surface area (Å²) in [5, 5.41) is 3.04. The van der Waals surface area contributed by atoms with E-state index in [1.807, 2.05) is 19.1 Å². The van der Waals surface area contributed by atoms with Crippen molar-refractivity contribution in [2.45, 2.75) is 38.8 Å². The van der Waals surface area contributed by atoms with Crippen LogP contribution in [0.15, 0.2) is 48.5 Å². The van der Waals surface area contributed by atoms with Crippen molar-refractivity contribution in [3.05, 3.63) is 59.1 Å². The van der Waals surface area contributed by atoms with Gasteiger partial charge in [0.2, 0.25) is 21.8 Å². The lowest BCUT2D eigenvalue weighted by Crippen LogP contribution is -2.48. The van der Waals surface area contributed by atoms with Gasteiger partial charge in [-0.15, -0.1) is 0 Å². The number of anilines is 1. The van der Waals surface area contributed by atoms with Crippen LogP contribution >= 0.6 is 11.6 Å². The predicted octanol–water partition coefficient (Wildman–Crippen LogP) is 3.45. The molecule has 2 amide bonds. The van der Waals surface area contributed by atoms with E-state index in [-0.39, 0.29) is 37.7 Å². The number of carbonyl (C=O) groups is 2. The molecule has 0 spiro atoms. The molecule has 2 rings (SSSR count). The van der Waals surface area contributed by atoms with Gasteiger partial charge in [-0.25, -0.2) is 8.42 Å². The zero-order valence-electron chi connectivity index (χ0n) is 20.0. The van der Waals surface area contributed by atoms with E-state index in [1.54, 1.807) is 48.4 Å². The van der Waals surface area contributed by atoms with Gasteiger partial charge in [-0.3, -0.25) is 13.9 Å². The van der Waals surface area contributed by atoms with Gasteiger partial charge in [-0.2, -0.15) is 0 Å². The highest BCUT2D eigenvalue weighted by atomic mass is 35.5. The summed E-state index contributed by atoms with van der Waals surface area (Å²) in [6.45, 7) is 2.20. The summed E-state index contributed by atoms with van der Waals surface area (Å²) >= 11 is 6.03. The highest BCUT2D eigenvalue weighted by Gasteiger charge is 2.28. The minimum atomic E-state index is -3.57. The molecular weight excluding hydrogens is 478 g/mol. The number of amides is 2. The molecule has 0 heterocycles. The first-order valence-electron chi connectivity index (χ1n) is 11.0. The van der Waals surface area contributed by atoms with E-state index in [9.17, 15) is 18.0 Å². The van der Waals surface area contributed by atoms with Gasteiger partial charge >= 0.3 is 0 Å². The third-order valence-electron chi connectivity index (χ3n) is 5.39. The Morgan fingerprint density at radius 3 is 2.35 bits per heavy atom. The zero-order chi connectivity index (χ0) is 25.3. The van der Waals surface area contributed by atoms with Gasteiger partial charge in [0.15, 0.2) is 0 Å². The molecule has 0 bridgehead atoms. The van der Waals surface area contributed by atoms with Crippen LogP contribution < -0.4 is 14.4 Å². The molecule has 0 aliphatic rings. The average Bonchev–Trinajstić information content (AvgIpc) is 2.80. The van der Waals surface area contributed by atoms with Crippen LogP contribution in [0.25, 0.3) is 0 Å². The van der Waals surface area contributed by atoms with E-state index < -0.39 is 16.1 Å². The van der Waals surface area contributed by atoms with E-state index in [4.69, 9.17) is 16.3 Å². The Bertz CT molecular complexity index is 1080. The Balaban J connectivity index is 2.18. The van der Waals surface area contributed by atoms with Crippen molar-refractivity contribution in [2.24, 2.45) is 0 Å². The molecule has 0 aliphatic carbocycles. The van der Waals surface area contributed by atoms with Gasteiger partial charge in [0, 0.05) is 31.6 Å². The van der Waals surface area contributed by atoms with Gasteiger partial charge in [0.05, 0.1) is 19.1 Å². The molecule has 1 N–H and O–H groups in total. The fourth-order valence-corrected chi connectivity index (χ4v) is 4.79. The molecule has 10 heteroatoms. The van der Waals surface area contributed by atoms with E-state index in [0.717, 1.165) is 11.8 Å². The first kappa shape index (κ1) is 27.5. The third kappa shape index (κ3) is 7.63. The molecule has 186 valence electrons. The number of benzene rings is 2. The topological polar surface area (TPSA) is 96.0 Å². The Morgan fingerprint density at radius 2 is 1.82 bits per heavy atom. The molecule has 0 radical (unpaired) electrons. The molecule has 2 aromatic carbocycles. The fraction of sp³-hybridized carbons (Fsp3) is 0.417. The maximum absolute atomic E-state index is 13.2. The van der Waals surface area contributed by atoms with Crippen LogP contribution in [0.4, 0.5) is 5.69 Å². The lowest BCUT2D eigenvalue weighted by Gasteiger charge is -2.31. The number of sulfonamides is 1. The number of nitrogens with one attached hydrogen (secondary N) is 1. The van der Waals surface area contributed by atoms with Gasteiger partial charge in [0.25, 0.3) is 0 Å². The van der Waals surface area contributed by atoms with Crippen molar-refractivity contribution in [1.29, 1.82) is 0 Å². The number of ether oxygens (including phenoxy) is 1. The quantitative estimate of drug-likeness (QED) is 0.472. The number of nitrogens with zero attached hydrogens (tertiary/aromatic N) is 2. The second-order valence-corrected chi connectivity index (χ2v) is 10.2. The molecule has 8 nitrogen and oxygen atoms in total. The minimum Gasteiger partial charge on any atom is -0.497 e. The van der Waals surface area contributed by atoms with Crippen LogP contribution in [0.1, 0.15) is 31.7 Å². The average molecular weight is 510 g/mol. The molecule has 34 heavy (non-hydrogen) atoms. The Kier molecular flexibility index (Phi) is 10.2. The van der Waals surface area contributed by atoms with E-state index >= 15 is 0 Å². The van der Waals surface area contributed by atoms with Crippen molar-refractivity contribution in [1.82, 2.24) is 10.2 Å². The first-order chi connectivity index (χ1) is 16.1. The molecular formula is C24H32ClN3O5S. The van der Waals surface area contributed by atoms with Gasteiger partial charge in [-0.1, -0.05) is 36.7 Å². The van der Waals surface area contributed by atoms with Crippen LogP contribution in [0, 0.1) is 0 Å². The van der Waals surface area contributed by atoms with Crippen molar-refractivity contribution in [3.8, 4) is 5.75 Å². The summed E-state index contributed by atoms with van der Waals surface area (Å²) in [5.74, 6) is 0.216. The molecule has 0 fully saturated rings. The van der Waals surface area contributed by atoms with E-state index in [2.05, 4.69) is 5.32 Å². The Labute approximate surface area is 206 Å². The number of hydrogen-bond acceptors (Lipinski definition) is 5. The maximum atomic E-state index is 13.2. The standard InChI is InChI=1S/C24H32ClN3O5S/c1-5-22(24(30)26-2)27(17-18-11-13-21(33-3)14-12-18)23(29)10-7-15-28(34(4,31)32)20-9-6-8-19(25)16-20/h6,8-9,11-14,16,22H,5,7,10,15,17H2,1-4H3,(H,26,30). The van der Waals surface area contributed by atoms with Crippen LogP contribution in [0.5, 0.6) is 5.75 Å². The number of rotatable bonds is 12. The van der Waals surface area contributed by atoms with Crippen molar-refractivity contribution in [3.63, 3.8) is 0 Å². The summed E-state index contributed by atoms with van der Waals surface area (Å²) < 4.78 is 31.1. The van der Waals surface area contributed by atoms with E-state index in [1.165, 1.54) is 11.4 Å². The van der Waals surface area contributed by atoms with Gasteiger partial charge in [0.1, 0.15) is 11.8 Å². The number of carbonyl (C=O) groups excluding carboxylic acids is 2. The van der Waals surface area contributed by atoms with Gasteiger partial charge < -0.3 is 15.0 Å². The van der Waals surface area contributed by atoms with Crippen LogP contribution in [0.3, 0.4) is 0 Å². The summed E-state index contributed by atoms with van der Waals surface area (Å²) in [4.78, 5) is 27.3. The molecule has 0 saturated carbocycles. The van der Waals surface area contributed by atoms with Crippen molar-refractivity contribution < 1.29 is 22.7 Å². The molecule has 0 aromatic heterocycles. The van der Waals surface area contributed by atoms with Crippen LogP contribution in [-0.4, -0.2) is 58.1 Å². The maximum Gasteiger partial charge on any atom is 0.242 e. The fourth-order valence-electron chi connectivity index (χ4n) is 3.65. The zero-order valence-corrected chi connectivity index (χ0v) is 21.5. The number of likely N-dealkylation sites (N-methyl/N-ethyl adjacent to an activating group) is 1. The highest BCUT2D eigenvalue weighted by Crippen LogP contribution is 2.23. The second kappa shape index (κ2) is 12.6. The second-order valence-electron chi connectivity index (χ2n) is 7.83. The third-order valence-corrected chi connectivity index (χ3v) is 6.82. The lowest BCUT2D eigenvalue weighted by atomic mass is 10.1. The molecule has 1 atom stereocenters. The summed E-state index contributed by atoms with van der Waals surface area (Å²) in [7, 11) is -0.459. The minimum absolute atomic E-state index is 0.0796. The first-order valence-corrected chi connectivity index (χ1v) is 13.2. The highest BCUT2D eigenvalue weighted by molar-refractivity contribution is 7.92. The monoisotopic (exact) mass is 509 g/mol. The lowest BCUT2D eigenvalue weighted by molar-refractivity contribution is -0.141.